The number of carbonyl (C=O) groups excluding carboxylic acids is 5. The van der Waals surface area contributed by atoms with Crippen molar-refractivity contribution >= 4 is 29.8 Å². The highest BCUT2D eigenvalue weighted by atomic mass is 16.7. The Morgan fingerprint density at radius 3 is 1.96 bits per heavy atom. The summed E-state index contributed by atoms with van der Waals surface area (Å²) in [7, 11) is 6.23. The molecule has 6 fully saturated rings. The average Bonchev–Trinajstić information content (AvgIpc) is 3.51. The second kappa shape index (κ2) is 14.1. The molecule has 1 saturated heterocycles. The molecule has 1 aliphatic heterocycles. The lowest BCUT2D eigenvalue weighted by Gasteiger charge is -2.70. The Morgan fingerprint density at radius 2 is 1.42 bits per heavy atom. The van der Waals surface area contributed by atoms with Gasteiger partial charge in [0.05, 0.1) is 24.4 Å². The van der Waals surface area contributed by atoms with Crippen LogP contribution in [0.25, 0.3) is 0 Å². The maximum atomic E-state index is 14.2. The topological polar surface area (TPSA) is 172 Å². The van der Waals surface area contributed by atoms with Crippen LogP contribution in [0.15, 0.2) is 30.3 Å². The summed E-state index contributed by atoms with van der Waals surface area (Å²) in [6.07, 6.45) is -5.56. The fourth-order valence-electron chi connectivity index (χ4n) is 13.4. The zero-order valence-corrected chi connectivity index (χ0v) is 32.9. The smallest absolute Gasteiger partial charge is 0.338 e. The second-order valence-corrected chi connectivity index (χ2v) is 16.1. The molecule has 15 heteroatoms. The molecule has 55 heavy (non-hydrogen) atoms. The van der Waals surface area contributed by atoms with Crippen molar-refractivity contribution in [2.45, 2.75) is 101 Å². The third-order valence-electron chi connectivity index (χ3n) is 14.0. The van der Waals surface area contributed by atoms with E-state index in [0.717, 1.165) is 0 Å². The molecule has 0 radical (unpaired) electrons. The van der Waals surface area contributed by atoms with Crippen LogP contribution in [0.2, 0.25) is 0 Å². The zero-order valence-electron chi connectivity index (χ0n) is 32.9. The number of likely N-dealkylation sites (tertiary alicyclic amines) is 1. The third-order valence-corrected chi connectivity index (χ3v) is 14.0. The van der Waals surface area contributed by atoms with Crippen LogP contribution in [-0.4, -0.2) is 137 Å². The van der Waals surface area contributed by atoms with Crippen molar-refractivity contribution < 1.29 is 66.6 Å². The summed E-state index contributed by atoms with van der Waals surface area (Å²) in [4.78, 5) is 69.8. The van der Waals surface area contributed by atoms with Crippen molar-refractivity contribution in [1.82, 2.24) is 4.90 Å². The molecule has 1 aromatic rings. The number of carbonyl (C=O) groups is 5. The van der Waals surface area contributed by atoms with E-state index < -0.39 is 118 Å². The number of fused-ring (bicyclic) bond motifs is 2. The van der Waals surface area contributed by atoms with Crippen molar-refractivity contribution in [3.63, 3.8) is 0 Å². The van der Waals surface area contributed by atoms with E-state index in [-0.39, 0.29) is 18.6 Å². The molecule has 302 valence electrons. The molecule has 15 atom stereocenters. The second-order valence-electron chi connectivity index (χ2n) is 16.1. The van der Waals surface area contributed by atoms with Gasteiger partial charge in [0.25, 0.3) is 0 Å². The molecule has 1 aromatic carbocycles. The van der Waals surface area contributed by atoms with Crippen LogP contribution in [0, 0.1) is 34.5 Å². The minimum absolute atomic E-state index is 0.0537. The fraction of sp³-hybridized carbons (Fsp3) is 0.725. The Labute approximate surface area is 320 Å². The quantitative estimate of drug-likeness (QED) is 0.224. The summed E-state index contributed by atoms with van der Waals surface area (Å²) < 4.78 is 57.9. The van der Waals surface area contributed by atoms with Crippen molar-refractivity contribution in [3.8, 4) is 0 Å². The van der Waals surface area contributed by atoms with Gasteiger partial charge in [-0.3, -0.25) is 24.1 Å². The monoisotopic (exact) mass is 771 g/mol. The summed E-state index contributed by atoms with van der Waals surface area (Å²) in [5.74, 6) is -5.98. The van der Waals surface area contributed by atoms with Gasteiger partial charge in [-0.1, -0.05) is 25.1 Å². The highest BCUT2D eigenvalue weighted by molar-refractivity contribution is 5.89. The van der Waals surface area contributed by atoms with Crippen LogP contribution in [0.5, 0.6) is 0 Å². The molecule has 0 aromatic heterocycles. The Hall–Kier alpha value is -3.63. The summed E-state index contributed by atoms with van der Waals surface area (Å²) in [6, 6.07) is 7.98. The van der Waals surface area contributed by atoms with Crippen molar-refractivity contribution in [2.24, 2.45) is 34.5 Å². The lowest BCUT2D eigenvalue weighted by Crippen LogP contribution is -2.82. The standard InChI is InChI=1S/C40H53NO14/c1-10-41-18-37(19-47-6)26(51-20(2)42)16-27(48-7)39-25-17-38(54-22(4)44)33(53-36(46)24-14-12-11-13-15-24)28(25)40(55-23(5)45,35(34(38)50-9)52-21(3)43)29(32(39)41)30(49-8)31(37)39/h11-15,25-35H,10,16-19H2,1-9H3/t25-,26-,27+,28-,29+,30+,31-,32?,33-,34+,35+,37+,38-,39+,40-/m1/s1. The van der Waals surface area contributed by atoms with E-state index in [9.17, 15) is 24.0 Å². The molecule has 1 unspecified atom stereocenters. The number of benzene rings is 1. The molecule has 0 N–H and O–H groups in total. The Morgan fingerprint density at radius 1 is 0.745 bits per heavy atom. The number of methoxy groups -OCH3 is 4. The minimum Gasteiger partial charge on any atom is -0.462 e. The van der Waals surface area contributed by atoms with E-state index >= 15 is 0 Å². The summed E-state index contributed by atoms with van der Waals surface area (Å²) in [6.45, 7) is 8.33. The molecule has 5 saturated carbocycles. The molecular weight excluding hydrogens is 718 g/mol. The van der Waals surface area contributed by atoms with E-state index in [2.05, 4.69) is 4.90 Å². The summed E-state index contributed by atoms with van der Waals surface area (Å²) in [5, 5.41) is 0. The number of esters is 5. The first-order chi connectivity index (χ1) is 26.2. The number of piperidine rings is 1. The first-order valence-corrected chi connectivity index (χ1v) is 19.0. The van der Waals surface area contributed by atoms with Gasteiger partial charge < -0.3 is 42.6 Å². The van der Waals surface area contributed by atoms with E-state index in [1.807, 2.05) is 6.92 Å². The lowest BCUT2D eigenvalue weighted by atomic mass is 9.42. The molecule has 1 heterocycles. The van der Waals surface area contributed by atoms with Crippen LogP contribution in [0.4, 0.5) is 0 Å². The number of hydrogen-bond acceptors (Lipinski definition) is 15. The molecule has 0 amide bonds. The van der Waals surface area contributed by atoms with Crippen molar-refractivity contribution in [1.29, 1.82) is 0 Å². The predicted molar refractivity (Wildman–Crippen MR) is 189 cm³/mol. The first kappa shape index (κ1) is 39.6. The Bertz CT molecular complexity index is 1710. The van der Waals surface area contributed by atoms with Gasteiger partial charge in [-0.05, 0) is 31.0 Å². The molecule has 6 aliphatic rings. The van der Waals surface area contributed by atoms with E-state index in [1.165, 1.54) is 34.8 Å². The average molecular weight is 772 g/mol. The Balaban J connectivity index is 1.60. The van der Waals surface area contributed by atoms with Gasteiger partial charge in [-0.2, -0.15) is 0 Å². The van der Waals surface area contributed by atoms with Crippen molar-refractivity contribution in [3.05, 3.63) is 35.9 Å². The number of hydrogen-bond donors (Lipinski definition) is 0. The molecule has 7 bridgehead atoms. The summed E-state index contributed by atoms with van der Waals surface area (Å²) >= 11 is 0. The van der Waals surface area contributed by atoms with Crippen LogP contribution in [0.3, 0.4) is 0 Å². The van der Waals surface area contributed by atoms with E-state index in [4.69, 9.17) is 42.6 Å². The maximum absolute atomic E-state index is 14.2. The van der Waals surface area contributed by atoms with Crippen LogP contribution >= 0.6 is 0 Å². The van der Waals surface area contributed by atoms with E-state index in [1.54, 1.807) is 51.7 Å². The number of nitrogens with zero attached hydrogens (tertiary/aromatic N) is 1. The predicted octanol–water partition coefficient (Wildman–Crippen LogP) is 2.36. The SMILES string of the molecule is CCN1C[C@@]2(COC)[C@H]3[C@@H](OC)[C@H]4C1[C@]3([C@@H](OC)C[C@H]2OC(C)=O)[C@@H]1C[C@@]2(OC(C)=O)[C@H](OC(=O)c3ccccc3)[C@@H]1[C@]4(OC(C)=O)[C@@H](OC(C)=O)[C@@H]2OC. The zero-order chi connectivity index (χ0) is 39.8. The van der Waals surface area contributed by atoms with Gasteiger partial charge in [0.2, 0.25) is 0 Å². The van der Waals surface area contributed by atoms with Gasteiger partial charge in [0.1, 0.15) is 12.2 Å². The molecule has 1 spiro atoms. The van der Waals surface area contributed by atoms with Crippen LogP contribution < -0.4 is 0 Å². The number of rotatable bonds is 12. The first-order valence-electron chi connectivity index (χ1n) is 19.0. The van der Waals surface area contributed by atoms with Crippen LogP contribution in [-0.2, 0) is 61.8 Å². The van der Waals surface area contributed by atoms with Gasteiger partial charge in [0.15, 0.2) is 23.4 Å². The number of ether oxygens (including phenoxy) is 9. The van der Waals surface area contributed by atoms with Gasteiger partial charge in [0, 0.05) is 104 Å². The van der Waals surface area contributed by atoms with Gasteiger partial charge in [-0.25, -0.2) is 4.79 Å². The van der Waals surface area contributed by atoms with Gasteiger partial charge in [-0.15, -0.1) is 0 Å². The highest BCUT2D eigenvalue weighted by Gasteiger charge is 2.93. The fourth-order valence-corrected chi connectivity index (χ4v) is 13.4. The normalized spacial score (nSPS) is 43.3. The molecule has 7 rings (SSSR count). The van der Waals surface area contributed by atoms with E-state index in [0.29, 0.717) is 19.5 Å². The van der Waals surface area contributed by atoms with Crippen LogP contribution in [0.1, 0.15) is 57.8 Å². The lowest BCUT2D eigenvalue weighted by molar-refractivity contribution is -0.325. The molecular formula is C40H53NO14. The van der Waals surface area contributed by atoms with Gasteiger partial charge >= 0.3 is 29.8 Å². The third kappa shape index (κ3) is 5.21. The molecule has 5 aliphatic carbocycles. The van der Waals surface area contributed by atoms with Crippen molar-refractivity contribution in [2.75, 3.05) is 48.1 Å². The largest absolute Gasteiger partial charge is 0.462 e. The Kier molecular flexibility index (Phi) is 10.1. The summed E-state index contributed by atoms with van der Waals surface area (Å²) in [5.41, 5.74) is -5.03. The molecule has 15 nitrogen and oxygen atoms in total. The minimum atomic E-state index is -1.77. The maximum Gasteiger partial charge on any atom is 0.338 e. The highest BCUT2D eigenvalue weighted by Crippen LogP contribution is 2.81.